The van der Waals surface area contributed by atoms with Crippen LogP contribution in [-0.2, 0) is 0 Å². The molecule has 4 heteroatoms. The van der Waals surface area contributed by atoms with E-state index >= 15 is 0 Å². The van der Waals surface area contributed by atoms with Crippen LogP contribution in [0.2, 0.25) is 0 Å². The highest BCUT2D eigenvalue weighted by Crippen LogP contribution is 2.33. The van der Waals surface area contributed by atoms with Gasteiger partial charge in [-0.3, -0.25) is 0 Å². The van der Waals surface area contributed by atoms with Crippen LogP contribution in [0.4, 0.5) is 0 Å². The summed E-state index contributed by atoms with van der Waals surface area (Å²) in [4.78, 5) is 17.4. The lowest BCUT2D eigenvalue weighted by Crippen LogP contribution is -1.92. The Morgan fingerprint density at radius 3 is 2.23 bits per heavy atom. The van der Waals surface area contributed by atoms with Gasteiger partial charge in [-0.2, -0.15) is 0 Å². The van der Waals surface area contributed by atoms with E-state index in [9.17, 15) is 0 Å². The quantitative estimate of drug-likeness (QED) is 0.719. The molecular weight excluding hydrogens is 187 g/mol. The molecule has 1 aromatic carbocycles. The van der Waals surface area contributed by atoms with Gasteiger partial charge >= 0.3 is 8.60 Å². The average Bonchev–Trinajstić information content (AvgIpc) is 2.06. The van der Waals surface area contributed by atoms with Gasteiger partial charge in [0.1, 0.15) is 5.75 Å². The van der Waals surface area contributed by atoms with Crippen LogP contribution in [0.15, 0.2) is 12.1 Å². The molecule has 0 fully saturated rings. The molecule has 13 heavy (non-hydrogen) atoms. The molecule has 0 radical (unpaired) electrons. The Kier molecular flexibility index (Phi) is 3.26. The van der Waals surface area contributed by atoms with Gasteiger partial charge in [-0.05, 0) is 43.5 Å². The maximum atomic E-state index is 8.69. The first-order chi connectivity index (χ1) is 6.02. The smallest absolute Gasteiger partial charge is 0.391 e. The van der Waals surface area contributed by atoms with E-state index in [1.54, 1.807) is 6.07 Å². The zero-order valence-corrected chi connectivity index (χ0v) is 8.80. The summed E-state index contributed by atoms with van der Waals surface area (Å²) >= 11 is 0. The Balaban J connectivity index is 3.04. The second-order valence-corrected chi connectivity index (χ2v) is 3.66. The average molecular weight is 200 g/mol. The zero-order valence-electron chi connectivity index (χ0n) is 7.90. The fourth-order valence-electron chi connectivity index (χ4n) is 1.12. The maximum absolute atomic E-state index is 8.69. The molecule has 0 saturated carbocycles. The first kappa shape index (κ1) is 10.5. The van der Waals surface area contributed by atoms with Gasteiger partial charge in [0.05, 0.1) is 0 Å². The molecule has 0 spiro atoms. The zero-order chi connectivity index (χ0) is 10.0. The van der Waals surface area contributed by atoms with Crippen molar-refractivity contribution in [1.29, 1.82) is 0 Å². The largest absolute Gasteiger partial charge is 0.427 e. The number of rotatable bonds is 2. The Labute approximate surface area is 79.0 Å². The molecule has 0 amide bonds. The number of aryl methyl sites for hydroxylation is 1. The summed E-state index contributed by atoms with van der Waals surface area (Å²) in [5.74, 6) is 0.541. The summed E-state index contributed by atoms with van der Waals surface area (Å²) in [7, 11) is -2.31. The molecule has 0 aromatic heterocycles. The van der Waals surface area contributed by atoms with Crippen molar-refractivity contribution in [3.8, 4) is 5.75 Å². The van der Waals surface area contributed by atoms with Crippen molar-refractivity contribution >= 4 is 8.60 Å². The first-order valence-corrected chi connectivity index (χ1v) is 5.11. The summed E-state index contributed by atoms with van der Waals surface area (Å²) in [6.07, 6.45) is 0. The van der Waals surface area contributed by atoms with Crippen LogP contribution in [0.3, 0.4) is 0 Å². The Morgan fingerprint density at radius 1 is 1.08 bits per heavy atom. The minimum Gasteiger partial charge on any atom is -0.427 e. The number of hydrogen-bond donors (Lipinski definition) is 2. The summed E-state index contributed by atoms with van der Waals surface area (Å²) < 4.78 is 4.86. The number of benzene rings is 1. The molecule has 3 nitrogen and oxygen atoms in total. The highest BCUT2D eigenvalue weighted by Gasteiger charge is 2.08. The predicted molar refractivity (Wildman–Crippen MR) is 52.6 cm³/mol. The molecule has 1 aromatic rings. The van der Waals surface area contributed by atoms with Gasteiger partial charge < -0.3 is 14.3 Å². The third kappa shape index (κ3) is 2.41. The molecule has 0 bridgehead atoms. The van der Waals surface area contributed by atoms with Crippen molar-refractivity contribution in [2.45, 2.75) is 20.8 Å². The summed E-state index contributed by atoms with van der Waals surface area (Å²) in [5.41, 5.74) is 3.25. The normalized spacial score (nSPS) is 10.6. The van der Waals surface area contributed by atoms with Gasteiger partial charge in [-0.1, -0.05) is 6.07 Å². The molecule has 0 atom stereocenters. The Bertz CT molecular complexity index is 310. The Morgan fingerprint density at radius 2 is 1.69 bits per heavy atom. The van der Waals surface area contributed by atoms with E-state index in [1.807, 2.05) is 26.8 Å². The summed E-state index contributed by atoms with van der Waals surface area (Å²) in [6, 6.07) is 3.65. The summed E-state index contributed by atoms with van der Waals surface area (Å²) in [6.45, 7) is 5.89. The van der Waals surface area contributed by atoms with Gasteiger partial charge in [0.15, 0.2) is 0 Å². The minimum absolute atomic E-state index is 0.541. The standard InChI is InChI=1S/C9H13O3P/c1-6-4-5-9(12-13(10)11)8(3)7(6)2/h4-5,10-11H,1-3H3. The van der Waals surface area contributed by atoms with E-state index in [1.165, 1.54) is 5.56 Å². The van der Waals surface area contributed by atoms with Crippen molar-refractivity contribution in [3.05, 3.63) is 28.8 Å². The van der Waals surface area contributed by atoms with Crippen molar-refractivity contribution in [3.63, 3.8) is 0 Å². The fraction of sp³-hybridized carbons (Fsp3) is 0.333. The lowest BCUT2D eigenvalue weighted by Gasteiger charge is -2.11. The fourth-order valence-corrected chi connectivity index (χ4v) is 1.49. The van der Waals surface area contributed by atoms with Gasteiger partial charge in [0.25, 0.3) is 0 Å². The first-order valence-electron chi connectivity index (χ1n) is 3.95. The molecule has 1 rings (SSSR count). The molecule has 72 valence electrons. The SMILES string of the molecule is Cc1ccc(OP(O)O)c(C)c1C. The predicted octanol–water partition coefficient (Wildman–Crippen LogP) is 2.20. The van der Waals surface area contributed by atoms with Crippen molar-refractivity contribution in [2.75, 3.05) is 0 Å². The minimum atomic E-state index is -2.31. The second-order valence-electron chi connectivity index (χ2n) is 2.97. The molecule has 0 aliphatic heterocycles. The topological polar surface area (TPSA) is 49.7 Å². The molecule has 0 aliphatic rings. The van der Waals surface area contributed by atoms with E-state index in [0.29, 0.717) is 5.75 Å². The van der Waals surface area contributed by atoms with E-state index in [-0.39, 0.29) is 0 Å². The second kappa shape index (κ2) is 4.05. The van der Waals surface area contributed by atoms with Crippen LogP contribution in [-0.4, -0.2) is 9.79 Å². The van der Waals surface area contributed by atoms with Crippen LogP contribution in [0.1, 0.15) is 16.7 Å². The monoisotopic (exact) mass is 200 g/mol. The lowest BCUT2D eigenvalue weighted by atomic mass is 10.0. The van der Waals surface area contributed by atoms with Crippen LogP contribution in [0.5, 0.6) is 5.75 Å². The van der Waals surface area contributed by atoms with Gasteiger partial charge in [-0.15, -0.1) is 0 Å². The van der Waals surface area contributed by atoms with Crippen LogP contribution in [0, 0.1) is 20.8 Å². The Hall–Kier alpha value is -0.630. The molecule has 2 N–H and O–H groups in total. The van der Waals surface area contributed by atoms with E-state index in [2.05, 4.69) is 0 Å². The van der Waals surface area contributed by atoms with E-state index in [4.69, 9.17) is 14.3 Å². The van der Waals surface area contributed by atoms with Gasteiger partial charge in [0, 0.05) is 0 Å². The molecule has 0 saturated heterocycles. The molecular formula is C9H13O3P. The van der Waals surface area contributed by atoms with Crippen molar-refractivity contribution < 1.29 is 14.3 Å². The maximum Gasteiger partial charge on any atom is 0.391 e. The molecule has 0 heterocycles. The summed E-state index contributed by atoms with van der Waals surface area (Å²) in [5, 5.41) is 0. The third-order valence-electron chi connectivity index (χ3n) is 2.19. The van der Waals surface area contributed by atoms with Crippen molar-refractivity contribution in [2.24, 2.45) is 0 Å². The molecule has 0 aliphatic carbocycles. The van der Waals surface area contributed by atoms with Crippen LogP contribution >= 0.6 is 8.60 Å². The van der Waals surface area contributed by atoms with Crippen molar-refractivity contribution in [1.82, 2.24) is 0 Å². The number of hydrogen-bond acceptors (Lipinski definition) is 3. The highest BCUT2D eigenvalue weighted by atomic mass is 31.2. The van der Waals surface area contributed by atoms with E-state index < -0.39 is 8.60 Å². The van der Waals surface area contributed by atoms with Crippen LogP contribution in [0.25, 0.3) is 0 Å². The lowest BCUT2D eigenvalue weighted by molar-refractivity contribution is 0.374. The third-order valence-corrected chi connectivity index (χ3v) is 2.55. The molecule has 0 unspecified atom stereocenters. The van der Waals surface area contributed by atoms with E-state index in [0.717, 1.165) is 11.1 Å². The van der Waals surface area contributed by atoms with Crippen LogP contribution < -0.4 is 4.52 Å². The highest BCUT2D eigenvalue weighted by molar-refractivity contribution is 7.39. The van der Waals surface area contributed by atoms with Gasteiger partial charge in [-0.25, -0.2) is 0 Å². The van der Waals surface area contributed by atoms with Gasteiger partial charge in [0.2, 0.25) is 0 Å².